The summed E-state index contributed by atoms with van der Waals surface area (Å²) in [5, 5.41) is 5.84. The minimum Gasteiger partial charge on any atom is -0.490 e. The third-order valence-electron chi connectivity index (χ3n) is 4.31. The Labute approximate surface area is 141 Å². The maximum atomic E-state index is 12.4. The van der Waals surface area contributed by atoms with Crippen molar-refractivity contribution in [2.24, 2.45) is 0 Å². The fourth-order valence-electron chi connectivity index (χ4n) is 2.86. The summed E-state index contributed by atoms with van der Waals surface area (Å²) in [7, 11) is 1.59. The average Bonchev–Trinajstić information content (AvgIpc) is 3.21. The summed E-state index contributed by atoms with van der Waals surface area (Å²) in [4.78, 5) is 12.4. The quantitative estimate of drug-likeness (QED) is 0.884. The van der Waals surface area contributed by atoms with Gasteiger partial charge in [-0.15, -0.1) is 0 Å². The van der Waals surface area contributed by atoms with Crippen molar-refractivity contribution in [3.8, 4) is 5.75 Å². The van der Waals surface area contributed by atoms with Gasteiger partial charge in [-0.25, -0.2) is 4.79 Å². The molecule has 0 unspecified atom stereocenters. The number of nitrogens with one attached hydrogen (secondary N) is 2. The highest BCUT2D eigenvalue weighted by molar-refractivity contribution is 5.75. The Morgan fingerprint density at radius 3 is 2.92 bits per heavy atom. The average molecular weight is 330 g/mol. The van der Waals surface area contributed by atoms with Crippen LogP contribution in [0.4, 0.5) is 4.79 Å². The zero-order chi connectivity index (χ0) is 17.1. The van der Waals surface area contributed by atoms with E-state index in [0.717, 1.165) is 16.9 Å². The molecule has 2 atom stereocenters. The molecule has 3 rings (SSSR count). The molecule has 128 valence electrons. The van der Waals surface area contributed by atoms with Crippen molar-refractivity contribution in [1.82, 2.24) is 10.6 Å². The van der Waals surface area contributed by atoms with Crippen LogP contribution in [0, 0.1) is 13.8 Å². The van der Waals surface area contributed by atoms with Gasteiger partial charge in [0.25, 0.3) is 0 Å². The van der Waals surface area contributed by atoms with Gasteiger partial charge in [-0.05, 0) is 37.1 Å². The summed E-state index contributed by atoms with van der Waals surface area (Å²) in [5.41, 5.74) is 3.30. The van der Waals surface area contributed by atoms with Crippen molar-refractivity contribution in [3.05, 3.63) is 53.0 Å². The number of furan rings is 1. The van der Waals surface area contributed by atoms with Crippen LogP contribution in [0.5, 0.6) is 5.75 Å². The largest absolute Gasteiger partial charge is 0.490 e. The minimum atomic E-state index is -0.341. The lowest BCUT2D eigenvalue weighted by Gasteiger charge is -2.18. The molecule has 2 amide bonds. The maximum Gasteiger partial charge on any atom is 0.316 e. The lowest BCUT2D eigenvalue weighted by molar-refractivity contribution is 0.156. The van der Waals surface area contributed by atoms with Gasteiger partial charge in [0.15, 0.2) is 0 Å². The van der Waals surface area contributed by atoms with E-state index in [2.05, 4.69) is 10.6 Å². The van der Waals surface area contributed by atoms with E-state index in [1.54, 1.807) is 19.4 Å². The number of aryl methyl sites for hydroxylation is 1. The topological polar surface area (TPSA) is 72.7 Å². The van der Waals surface area contributed by atoms with Gasteiger partial charge in [0.1, 0.15) is 24.2 Å². The van der Waals surface area contributed by atoms with Crippen LogP contribution in [0.2, 0.25) is 0 Å². The molecule has 6 nitrogen and oxygen atoms in total. The fourth-order valence-corrected chi connectivity index (χ4v) is 2.86. The van der Waals surface area contributed by atoms with Crippen molar-refractivity contribution in [2.75, 3.05) is 20.3 Å². The molecule has 0 radical (unpaired) electrons. The minimum absolute atomic E-state index is 0.168. The molecule has 2 N–H and O–H groups in total. The molecule has 1 aliphatic heterocycles. The van der Waals surface area contributed by atoms with Gasteiger partial charge in [-0.3, -0.25) is 0 Å². The number of methoxy groups -OCH3 is 1. The first kappa shape index (κ1) is 16.4. The van der Waals surface area contributed by atoms with Gasteiger partial charge in [0.2, 0.25) is 0 Å². The molecule has 0 spiro atoms. The fraction of sp³-hybridized carbons (Fsp3) is 0.389. The number of ether oxygens (including phenoxy) is 2. The van der Waals surface area contributed by atoms with E-state index >= 15 is 0 Å². The Morgan fingerprint density at radius 1 is 1.38 bits per heavy atom. The van der Waals surface area contributed by atoms with Crippen molar-refractivity contribution < 1.29 is 18.7 Å². The molecule has 1 aliphatic rings. The molecule has 1 aromatic carbocycles. The van der Waals surface area contributed by atoms with Gasteiger partial charge >= 0.3 is 6.03 Å². The van der Waals surface area contributed by atoms with E-state index in [0.29, 0.717) is 19.0 Å². The Morgan fingerprint density at radius 2 is 2.21 bits per heavy atom. The molecule has 0 aliphatic carbocycles. The van der Waals surface area contributed by atoms with Gasteiger partial charge in [0, 0.05) is 12.7 Å². The number of fused-ring (bicyclic) bond motifs is 1. The summed E-state index contributed by atoms with van der Waals surface area (Å²) >= 11 is 0. The third kappa shape index (κ3) is 3.23. The molecule has 2 aromatic rings. The Balaban J connectivity index is 1.67. The van der Waals surface area contributed by atoms with E-state index in [1.165, 1.54) is 5.56 Å². The molecule has 24 heavy (non-hydrogen) atoms. The van der Waals surface area contributed by atoms with Gasteiger partial charge < -0.3 is 24.5 Å². The first-order chi connectivity index (χ1) is 11.6. The van der Waals surface area contributed by atoms with E-state index in [-0.39, 0.29) is 18.1 Å². The van der Waals surface area contributed by atoms with Crippen molar-refractivity contribution in [3.63, 3.8) is 0 Å². The zero-order valence-electron chi connectivity index (χ0n) is 14.1. The molecule has 0 saturated carbocycles. The highest BCUT2D eigenvalue weighted by Gasteiger charge is 2.28. The summed E-state index contributed by atoms with van der Waals surface area (Å²) in [6.45, 7) is 4.84. The van der Waals surface area contributed by atoms with Gasteiger partial charge in [-0.1, -0.05) is 12.1 Å². The number of carbonyl (C=O) groups is 1. The van der Waals surface area contributed by atoms with Gasteiger partial charge in [0.05, 0.1) is 18.9 Å². The van der Waals surface area contributed by atoms with Crippen LogP contribution in [0.15, 0.2) is 34.9 Å². The van der Waals surface area contributed by atoms with Crippen LogP contribution in [0.1, 0.15) is 34.5 Å². The lowest BCUT2D eigenvalue weighted by Crippen LogP contribution is -2.41. The molecule has 0 saturated heterocycles. The molecule has 6 heteroatoms. The number of amides is 2. The molecular formula is C18H22N2O4. The van der Waals surface area contributed by atoms with E-state index < -0.39 is 0 Å². The second kappa shape index (κ2) is 6.97. The highest BCUT2D eigenvalue weighted by atomic mass is 16.5. The molecular weight excluding hydrogens is 308 g/mol. The summed E-state index contributed by atoms with van der Waals surface area (Å²) < 4.78 is 16.3. The number of rotatable bonds is 5. The van der Waals surface area contributed by atoms with Crippen LogP contribution >= 0.6 is 0 Å². The first-order valence-electron chi connectivity index (χ1n) is 7.92. The van der Waals surface area contributed by atoms with Crippen LogP contribution in [0.3, 0.4) is 0 Å². The maximum absolute atomic E-state index is 12.4. The SMILES string of the molecule is COC[C@H](NC(=O)N[C@H]1COc2c1ccc(C)c2C)c1ccco1. The van der Waals surface area contributed by atoms with Crippen molar-refractivity contribution in [2.45, 2.75) is 25.9 Å². The Bertz CT molecular complexity index is 712. The third-order valence-corrected chi connectivity index (χ3v) is 4.31. The number of benzene rings is 1. The number of hydrogen-bond acceptors (Lipinski definition) is 4. The highest BCUT2D eigenvalue weighted by Crippen LogP contribution is 2.36. The van der Waals surface area contributed by atoms with Crippen LogP contribution in [0.25, 0.3) is 0 Å². The number of urea groups is 1. The van der Waals surface area contributed by atoms with Crippen LogP contribution < -0.4 is 15.4 Å². The molecule has 1 aromatic heterocycles. The predicted molar refractivity (Wildman–Crippen MR) is 89.1 cm³/mol. The summed E-state index contributed by atoms with van der Waals surface area (Å²) in [6, 6.07) is 6.85. The Hall–Kier alpha value is -2.47. The van der Waals surface area contributed by atoms with Crippen molar-refractivity contribution in [1.29, 1.82) is 0 Å². The summed E-state index contributed by atoms with van der Waals surface area (Å²) in [5.74, 6) is 1.53. The van der Waals surface area contributed by atoms with Gasteiger partial charge in [-0.2, -0.15) is 0 Å². The van der Waals surface area contributed by atoms with E-state index in [1.807, 2.05) is 32.0 Å². The zero-order valence-corrected chi connectivity index (χ0v) is 14.1. The molecule has 2 heterocycles. The van der Waals surface area contributed by atoms with Crippen molar-refractivity contribution >= 4 is 6.03 Å². The second-order valence-electron chi connectivity index (χ2n) is 5.93. The summed E-state index contributed by atoms with van der Waals surface area (Å²) in [6.07, 6.45) is 1.57. The predicted octanol–water partition coefficient (Wildman–Crippen LogP) is 3.02. The molecule has 0 bridgehead atoms. The van der Waals surface area contributed by atoms with Crippen LogP contribution in [-0.2, 0) is 4.74 Å². The first-order valence-corrected chi connectivity index (χ1v) is 7.92. The van der Waals surface area contributed by atoms with E-state index in [9.17, 15) is 4.79 Å². The second-order valence-corrected chi connectivity index (χ2v) is 5.93. The lowest BCUT2D eigenvalue weighted by atomic mass is 10.0. The normalized spacial score (nSPS) is 17.0. The Kier molecular flexibility index (Phi) is 4.76. The number of hydrogen-bond donors (Lipinski definition) is 2. The van der Waals surface area contributed by atoms with Crippen LogP contribution in [-0.4, -0.2) is 26.4 Å². The van der Waals surface area contributed by atoms with E-state index in [4.69, 9.17) is 13.9 Å². The number of carbonyl (C=O) groups excluding carboxylic acids is 1. The smallest absolute Gasteiger partial charge is 0.316 e. The monoisotopic (exact) mass is 330 g/mol. The molecule has 0 fully saturated rings. The standard InChI is InChI=1S/C18H22N2O4/c1-11-6-7-13-14(10-24-17(13)12(11)2)19-18(21)20-15(9-22-3)16-5-4-8-23-16/h4-8,14-15H,9-10H2,1-3H3,(H2,19,20,21)/t14-,15-/m0/s1.